The molecule has 0 radical (unpaired) electrons. The Morgan fingerprint density at radius 2 is 2.31 bits per heavy atom. The van der Waals surface area contributed by atoms with Gasteiger partial charge in [0.25, 0.3) is 0 Å². The molecule has 5 heteroatoms. The lowest BCUT2D eigenvalue weighted by atomic mass is 10.3. The van der Waals surface area contributed by atoms with Crippen LogP contribution in [0.1, 0.15) is 0 Å². The van der Waals surface area contributed by atoms with Crippen LogP contribution >= 0.6 is 24.0 Å². The van der Waals surface area contributed by atoms with Crippen molar-refractivity contribution in [2.75, 3.05) is 12.8 Å². The van der Waals surface area contributed by atoms with Crippen LogP contribution in [0.15, 0.2) is 17.0 Å². The zero-order valence-corrected chi connectivity index (χ0v) is 8.65. The normalized spacial score (nSPS) is 10.6. The zero-order valence-electron chi connectivity index (χ0n) is 6.94. The summed E-state index contributed by atoms with van der Waals surface area (Å²) in [6, 6.07) is 3.75. The fourth-order valence-electron chi connectivity index (χ4n) is 1.16. The molecular formula is C8H8N2OS2. The lowest BCUT2D eigenvalue weighted by Crippen LogP contribution is -1.85. The predicted molar refractivity (Wildman–Crippen MR) is 57.8 cm³/mol. The number of anilines is 1. The molecule has 0 aliphatic rings. The van der Waals surface area contributed by atoms with E-state index in [2.05, 4.69) is 17.6 Å². The molecule has 0 unspecified atom stereocenters. The SMILES string of the molecule is COc1cc(S)cc2sc(N)nc12. The molecule has 2 rings (SSSR count). The molecule has 13 heavy (non-hydrogen) atoms. The number of benzene rings is 1. The lowest BCUT2D eigenvalue weighted by molar-refractivity contribution is 0.418. The van der Waals surface area contributed by atoms with Gasteiger partial charge in [0.1, 0.15) is 11.3 Å². The minimum atomic E-state index is 0.548. The largest absolute Gasteiger partial charge is 0.494 e. The van der Waals surface area contributed by atoms with Crippen LogP contribution in [0.2, 0.25) is 0 Å². The Morgan fingerprint density at radius 3 is 3.00 bits per heavy atom. The second kappa shape index (κ2) is 3.08. The van der Waals surface area contributed by atoms with Gasteiger partial charge in [-0.05, 0) is 12.1 Å². The van der Waals surface area contributed by atoms with E-state index in [1.54, 1.807) is 7.11 Å². The number of thiol groups is 1. The van der Waals surface area contributed by atoms with E-state index >= 15 is 0 Å². The highest BCUT2D eigenvalue weighted by atomic mass is 32.1. The van der Waals surface area contributed by atoms with Crippen LogP contribution in [-0.2, 0) is 0 Å². The minimum absolute atomic E-state index is 0.548. The molecule has 0 fully saturated rings. The fraction of sp³-hybridized carbons (Fsp3) is 0.125. The Balaban J connectivity index is 2.80. The maximum Gasteiger partial charge on any atom is 0.181 e. The maximum absolute atomic E-state index is 5.59. The van der Waals surface area contributed by atoms with Crippen molar-refractivity contribution < 1.29 is 4.74 Å². The Morgan fingerprint density at radius 1 is 1.54 bits per heavy atom. The average Bonchev–Trinajstić information content (AvgIpc) is 2.43. The molecule has 0 aliphatic heterocycles. The van der Waals surface area contributed by atoms with Crippen LogP contribution in [0.4, 0.5) is 5.13 Å². The number of hydrogen-bond donors (Lipinski definition) is 2. The van der Waals surface area contributed by atoms with Gasteiger partial charge in [-0.3, -0.25) is 0 Å². The Labute approximate surface area is 84.9 Å². The van der Waals surface area contributed by atoms with Crippen LogP contribution in [-0.4, -0.2) is 12.1 Å². The van der Waals surface area contributed by atoms with E-state index in [4.69, 9.17) is 10.5 Å². The van der Waals surface area contributed by atoms with E-state index < -0.39 is 0 Å². The summed E-state index contributed by atoms with van der Waals surface area (Å²) in [6.45, 7) is 0. The molecule has 0 atom stereocenters. The number of nitrogens with two attached hydrogens (primary N) is 1. The highest BCUT2D eigenvalue weighted by Gasteiger charge is 2.07. The van der Waals surface area contributed by atoms with Crippen molar-refractivity contribution in [3.8, 4) is 5.75 Å². The summed E-state index contributed by atoms with van der Waals surface area (Å²) in [5, 5.41) is 0.548. The van der Waals surface area contributed by atoms with E-state index in [0.717, 1.165) is 20.9 Å². The number of hydrogen-bond acceptors (Lipinski definition) is 5. The number of fused-ring (bicyclic) bond motifs is 1. The molecule has 0 aliphatic carbocycles. The molecular weight excluding hydrogens is 204 g/mol. The highest BCUT2D eigenvalue weighted by Crippen LogP contribution is 2.33. The lowest BCUT2D eigenvalue weighted by Gasteiger charge is -2.00. The van der Waals surface area contributed by atoms with Crippen molar-refractivity contribution in [3.05, 3.63) is 12.1 Å². The predicted octanol–water partition coefficient (Wildman–Crippen LogP) is 2.18. The van der Waals surface area contributed by atoms with Gasteiger partial charge in [-0.1, -0.05) is 11.3 Å². The van der Waals surface area contributed by atoms with E-state index in [-0.39, 0.29) is 0 Å². The van der Waals surface area contributed by atoms with Crippen molar-refractivity contribution in [1.29, 1.82) is 0 Å². The Hall–Kier alpha value is -0.940. The minimum Gasteiger partial charge on any atom is -0.494 e. The molecule has 3 nitrogen and oxygen atoms in total. The van der Waals surface area contributed by atoms with Gasteiger partial charge in [-0.25, -0.2) is 4.98 Å². The average molecular weight is 212 g/mol. The summed E-state index contributed by atoms with van der Waals surface area (Å²) >= 11 is 5.68. The van der Waals surface area contributed by atoms with Crippen molar-refractivity contribution >= 4 is 39.3 Å². The first-order chi connectivity index (χ1) is 6.20. The van der Waals surface area contributed by atoms with Gasteiger partial charge in [0, 0.05) is 4.90 Å². The smallest absolute Gasteiger partial charge is 0.181 e. The topological polar surface area (TPSA) is 48.1 Å². The monoisotopic (exact) mass is 212 g/mol. The number of nitrogen functional groups attached to an aromatic ring is 1. The number of aromatic nitrogens is 1. The molecule has 2 N–H and O–H groups in total. The van der Waals surface area contributed by atoms with Gasteiger partial charge in [0.2, 0.25) is 0 Å². The molecule has 1 aromatic heterocycles. The zero-order chi connectivity index (χ0) is 9.42. The standard InChI is InChI=1S/C8H8N2OS2/c1-11-5-2-4(12)3-6-7(5)10-8(9)13-6/h2-3,12H,1H3,(H2,9,10). The second-order valence-electron chi connectivity index (χ2n) is 2.55. The van der Waals surface area contributed by atoms with Gasteiger partial charge >= 0.3 is 0 Å². The number of methoxy groups -OCH3 is 1. The Kier molecular flexibility index (Phi) is 2.05. The van der Waals surface area contributed by atoms with Crippen molar-refractivity contribution in [2.24, 2.45) is 0 Å². The Bertz CT molecular complexity index is 453. The van der Waals surface area contributed by atoms with Gasteiger partial charge in [0.05, 0.1) is 11.8 Å². The van der Waals surface area contributed by atoms with Gasteiger partial charge in [-0.2, -0.15) is 0 Å². The van der Waals surface area contributed by atoms with Crippen LogP contribution in [0, 0.1) is 0 Å². The molecule has 1 heterocycles. The van der Waals surface area contributed by atoms with E-state index in [9.17, 15) is 0 Å². The maximum atomic E-state index is 5.59. The summed E-state index contributed by atoms with van der Waals surface area (Å²) in [5.41, 5.74) is 6.40. The summed E-state index contributed by atoms with van der Waals surface area (Å²) in [6.07, 6.45) is 0. The van der Waals surface area contributed by atoms with Gasteiger partial charge in [0.15, 0.2) is 5.13 Å². The first kappa shape index (κ1) is 8.65. The molecule has 0 saturated heterocycles. The van der Waals surface area contributed by atoms with E-state index in [1.807, 2.05) is 12.1 Å². The van der Waals surface area contributed by atoms with Crippen LogP contribution in [0.5, 0.6) is 5.75 Å². The second-order valence-corrected chi connectivity index (χ2v) is 4.13. The van der Waals surface area contributed by atoms with E-state index in [0.29, 0.717) is 5.13 Å². The number of rotatable bonds is 1. The number of ether oxygens (including phenoxy) is 1. The summed E-state index contributed by atoms with van der Waals surface area (Å²) in [7, 11) is 1.61. The third-order valence-corrected chi connectivity index (χ3v) is 2.77. The summed E-state index contributed by atoms with van der Waals surface area (Å²) in [4.78, 5) is 5.02. The molecule has 0 bridgehead atoms. The van der Waals surface area contributed by atoms with Crippen molar-refractivity contribution in [3.63, 3.8) is 0 Å². The third kappa shape index (κ3) is 1.45. The van der Waals surface area contributed by atoms with Crippen LogP contribution < -0.4 is 10.5 Å². The van der Waals surface area contributed by atoms with Gasteiger partial charge < -0.3 is 10.5 Å². The first-order valence-electron chi connectivity index (χ1n) is 3.63. The third-order valence-electron chi connectivity index (χ3n) is 1.68. The fourth-order valence-corrected chi connectivity index (χ4v) is 2.28. The molecule has 0 saturated carbocycles. The highest BCUT2D eigenvalue weighted by molar-refractivity contribution is 7.80. The summed E-state index contributed by atoms with van der Waals surface area (Å²) < 4.78 is 6.16. The molecule has 1 aromatic carbocycles. The van der Waals surface area contributed by atoms with Crippen LogP contribution in [0.25, 0.3) is 10.2 Å². The van der Waals surface area contributed by atoms with Crippen molar-refractivity contribution in [2.45, 2.75) is 4.90 Å². The molecule has 0 spiro atoms. The number of nitrogens with zero attached hydrogens (tertiary/aromatic N) is 1. The summed E-state index contributed by atoms with van der Waals surface area (Å²) in [5.74, 6) is 0.718. The van der Waals surface area contributed by atoms with Crippen LogP contribution in [0.3, 0.4) is 0 Å². The molecule has 2 aromatic rings. The van der Waals surface area contributed by atoms with Gasteiger partial charge in [-0.15, -0.1) is 12.6 Å². The molecule has 0 amide bonds. The first-order valence-corrected chi connectivity index (χ1v) is 4.90. The van der Waals surface area contributed by atoms with Crippen molar-refractivity contribution in [1.82, 2.24) is 4.98 Å². The van der Waals surface area contributed by atoms with E-state index in [1.165, 1.54) is 11.3 Å². The quantitative estimate of drug-likeness (QED) is 0.712. The number of thiazole rings is 1. The molecule has 68 valence electrons.